The minimum absolute atomic E-state index is 0.0418. The molecule has 3 aliphatic heterocycles. The molecule has 0 aliphatic carbocycles. The van der Waals surface area contributed by atoms with E-state index in [0.717, 1.165) is 6.42 Å². The van der Waals surface area contributed by atoms with E-state index in [4.69, 9.17) is 14.2 Å². The van der Waals surface area contributed by atoms with Gasteiger partial charge in [-0.3, -0.25) is 4.79 Å². The van der Waals surface area contributed by atoms with Gasteiger partial charge >= 0.3 is 5.97 Å². The molecule has 0 bridgehead atoms. The number of benzene rings is 1. The lowest BCUT2D eigenvalue weighted by molar-refractivity contribution is -0.159. The van der Waals surface area contributed by atoms with E-state index in [1.165, 1.54) is 16.4 Å². The third-order valence-corrected chi connectivity index (χ3v) is 7.22. The zero-order valence-corrected chi connectivity index (χ0v) is 15.0. The molecule has 1 N–H and O–H groups in total. The summed E-state index contributed by atoms with van der Waals surface area (Å²) in [5.74, 6) is -0.328. The Morgan fingerprint density at radius 1 is 1.19 bits per heavy atom. The van der Waals surface area contributed by atoms with Gasteiger partial charge in [-0.2, -0.15) is 4.31 Å². The average Bonchev–Trinajstić information content (AvgIpc) is 2.89. The van der Waals surface area contributed by atoms with Crippen molar-refractivity contribution in [3.63, 3.8) is 0 Å². The van der Waals surface area contributed by atoms with E-state index in [2.05, 4.69) is 0 Å². The Hall–Kier alpha value is -1.84. The highest BCUT2D eigenvalue weighted by atomic mass is 32.2. The fourth-order valence-electron chi connectivity index (χ4n) is 3.88. The van der Waals surface area contributed by atoms with Gasteiger partial charge in [-0.15, -0.1) is 0 Å². The number of aliphatic carboxylic acids is 1. The summed E-state index contributed by atoms with van der Waals surface area (Å²) >= 11 is 0. The van der Waals surface area contributed by atoms with E-state index in [1.807, 2.05) is 0 Å². The summed E-state index contributed by atoms with van der Waals surface area (Å²) < 4.78 is 44.0. The SMILES string of the molecule is O=C(O)[C@]12COCC[C@H]1CN(S(=O)(=O)c1ccc3c(c1)OCCCO3)C2. The zero-order valence-electron chi connectivity index (χ0n) is 14.2. The summed E-state index contributed by atoms with van der Waals surface area (Å²) in [6, 6.07) is 4.53. The highest BCUT2D eigenvalue weighted by Gasteiger charge is 2.56. The van der Waals surface area contributed by atoms with Crippen LogP contribution in [0.3, 0.4) is 0 Å². The van der Waals surface area contributed by atoms with Gasteiger partial charge in [-0.25, -0.2) is 8.42 Å². The second-order valence-corrected chi connectivity index (χ2v) is 8.89. The van der Waals surface area contributed by atoms with E-state index in [9.17, 15) is 18.3 Å². The third kappa shape index (κ3) is 2.74. The molecule has 2 fully saturated rings. The number of hydrogen-bond acceptors (Lipinski definition) is 6. The highest BCUT2D eigenvalue weighted by molar-refractivity contribution is 7.89. The minimum Gasteiger partial charge on any atom is -0.490 e. The molecule has 3 heterocycles. The fraction of sp³-hybridized carbons (Fsp3) is 0.588. The van der Waals surface area contributed by atoms with Gasteiger partial charge in [0.1, 0.15) is 5.41 Å². The zero-order chi connectivity index (χ0) is 18.4. The molecular formula is C17H21NO7S. The number of carbonyl (C=O) groups is 1. The lowest BCUT2D eigenvalue weighted by Crippen LogP contribution is -2.46. The van der Waals surface area contributed by atoms with Crippen LogP contribution in [0.2, 0.25) is 0 Å². The van der Waals surface area contributed by atoms with Crippen molar-refractivity contribution in [3.8, 4) is 11.5 Å². The largest absolute Gasteiger partial charge is 0.490 e. The second-order valence-electron chi connectivity index (χ2n) is 6.96. The monoisotopic (exact) mass is 383 g/mol. The number of carboxylic acids is 1. The quantitative estimate of drug-likeness (QED) is 0.829. The number of hydrogen-bond donors (Lipinski definition) is 1. The van der Waals surface area contributed by atoms with Gasteiger partial charge < -0.3 is 19.3 Å². The van der Waals surface area contributed by atoms with Gasteiger partial charge in [0.2, 0.25) is 10.0 Å². The Morgan fingerprint density at radius 2 is 1.96 bits per heavy atom. The molecule has 142 valence electrons. The Balaban J connectivity index is 1.65. The number of rotatable bonds is 3. The van der Waals surface area contributed by atoms with Gasteiger partial charge in [0.15, 0.2) is 11.5 Å². The molecule has 8 nitrogen and oxygen atoms in total. The van der Waals surface area contributed by atoms with Crippen LogP contribution in [0.25, 0.3) is 0 Å². The van der Waals surface area contributed by atoms with Crippen LogP contribution in [0.5, 0.6) is 11.5 Å². The molecule has 2 saturated heterocycles. The van der Waals surface area contributed by atoms with Crippen LogP contribution in [-0.2, 0) is 19.6 Å². The van der Waals surface area contributed by atoms with Crippen molar-refractivity contribution in [1.82, 2.24) is 4.31 Å². The van der Waals surface area contributed by atoms with Crippen molar-refractivity contribution in [3.05, 3.63) is 18.2 Å². The molecule has 1 aromatic rings. The summed E-state index contributed by atoms with van der Waals surface area (Å²) in [5.41, 5.74) is -1.17. The maximum Gasteiger partial charge on any atom is 0.313 e. The van der Waals surface area contributed by atoms with Crippen molar-refractivity contribution in [2.45, 2.75) is 17.7 Å². The number of ether oxygens (including phenoxy) is 3. The number of fused-ring (bicyclic) bond motifs is 2. The van der Waals surface area contributed by atoms with E-state index in [1.54, 1.807) is 6.07 Å². The summed E-state index contributed by atoms with van der Waals surface area (Å²) in [5, 5.41) is 9.70. The molecule has 3 aliphatic rings. The standard InChI is InChI=1S/C17H21NO7S/c19-16(20)17-10-18(9-12(17)4-7-23-11-17)26(21,22)13-2-3-14-15(8-13)25-6-1-5-24-14/h2-3,8,12H,1,4-7,9-11H2,(H,19,20)/t12-,17+/m0/s1. The molecule has 9 heteroatoms. The first-order valence-electron chi connectivity index (χ1n) is 8.64. The van der Waals surface area contributed by atoms with E-state index in [0.29, 0.717) is 37.7 Å². The number of nitrogens with zero attached hydrogens (tertiary/aromatic N) is 1. The summed E-state index contributed by atoms with van der Waals surface area (Å²) in [7, 11) is -3.84. The van der Waals surface area contributed by atoms with Crippen molar-refractivity contribution in [2.24, 2.45) is 11.3 Å². The number of sulfonamides is 1. The van der Waals surface area contributed by atoms with Crippen LogP contribution in [0.1, 0.15) is 12.8 Å². The molecule has 1 aromatic carbocycles. The van der Waals surface area contributed by atoms with Crippen LogP contribution in [0.15, 0.2) is 23.1 Å². The molecule has 0 radical (unpaired) electrons. The van der Waals surface area contributed by atoms with Crippen molar-refractivity contribution in [1.29, 1.82) is 0 Å². The van der Waals surface area contributed by atoms with Crippen LogP contribution >= 0.6 is 0 Å². The first-order valence-corrected chi connectivity index (χ1v) is 10.1. The molecule has 4 rings (SSSR count). The normalized spacial score (nSPS) is 29.0. The fourth-order valence-corrected chi connectivity index (χ4v) is 5.45. The van der Waals surface area contributed by atoms with Gasteiger partial charge in [-0.1, -0.05) is 0 Å². The van der Waals surface area contributed by atoms with E-state index >= 15 is 0 Å². The van der Waals surface area contributed by atoms with Gasteiger partial charge in [0.25, 0.3) is 0 Å². The number of carboxylic acid groups (broad SMARTS) is 1. The Kier molecular flexibility index (Phi) is 4.32. The van der Waals surface area contributed by atoms with Crippen molar-refractivity contribution < 1.29 is 32.5 Å². The highest BCUT2D eigenvalue weighted by Crippen LogP contribution is 2.44. The summed E-state index contributed by atoms with van der Waals surface area (Å²) in [6.45, 7) is 1.59. The van der Waals surface area contributed by atoms with Crippen LogP contribution < -0.4 is 9.47 Å². The lowest BCUT2D eigenvalue weighted by atomic mass is 9.76. The van der Waals surface area contributed by atoms with Crippen LogP contribution in [0, 0.1) is 11.3 Å². The summed E-state index contributed by atoms with van der Waals surface area (Å²) in [4.78, 5) is 11.9. The molecule has 0 unspecified atom stereocenters. The maximum atomic E-state index is 13.1. The first-order chi connectivity index (χ1) is 12.4. The van der Waals surface area contributed by atoms with Crippen LogP contribution in [-0.4, -0.2) is 63.3 Å². The average molecular weight is 383 g/mol. The van der Waals surface area contributed by atoms with Gasteiger partial charge in [-0.05, 0) is 24.5 Å². The smallest absolute Gasteiger partial charge is 0.313 e. The van der Waals surface area contributed by atoms with Crippen molar-refractivity contribution in [2.75, 3.05) is 39.5 Å². The molecule has 0 aromatic heterocycles. The second kappa shape index (κ2) is 6.40. The van der Waals surface area contributed by atoms with Crippen LogP contribution in [0.4, 0.5) is 0 Å². The predicted octanol–water partition coefficient (Wildman–Crippen LogP) is 0.960. The minimum atomic E-state index is -3.84. The predicted molar refractivity (Wildman–Crippen MR) is 89.8 cm³/mol. The third-order valence-electron chi connectivity index (χ3n) is 5.42. The molecule has 0 saturated carbocycles. The molecular weight excluding hydrogens is 362 g/mol. The van der Waals surface area contributed by atoms with E-state index < -0.39 is 21.4 Å². The maximum absolute atomic E-state index is 13.1. The molecule has 0 amide bonds. The Labute approximate surface area is 151 Å². The first kappa shape index (κ1) is 17.6. The van der Waals surface area contributed by atoms with E-state index in [-0.39, 0.29) is 30.5 Å². The Bertz CT molecular complexity index is 824. The topological polar surface area (TPSA) is 102 Å². The van der Waals surface area contributed by atoms with Gasteiger partial charge in [0.05, 0.1) is 24.7 Å². The molecule has 0 spiro atoms. The van der Waals surface area contributed by atoms with Gasteiger partial charge in [0, 0.05) is 32.2 Å². The lowest BCUT2D eigenvalue weighted by Gasteiger charge is -2.34. The Morgan fingerprint density at radius 3 is 2.69 bits per heavy atom. The summed E-state index contributed by atoms with van der Waals surface area (Å²) in [6.07, 6.45) is 1.27. The van der Waals surface area contributed by atoms with Crippen molar-refractivity contribution >= 4 is 16.0 Å². The molecule has 2 atom stereocenters. The molecule has 26 heavy (non-hydrogen) atoms.